The highest BCUT2D eigenvalue weighted by atomic mass is 35.5. The Kier molecular flexibility index (Phi) is 3.10. The summed E-state index contributed by atoms with van der Waals surface area (Å²) in [5, 5.41) is 10.1. The van der Waals surface area contributed by atoms with E-state index >= 15 is 0 Å². The van der Waals surface area contributed by atoms with Gasteiger partial charge in [-0.25, -0.2) is 0 Å². The molecule has 16 heavy (non-hydrogen) atoms. The van der Waals surface area contributed by atoms with Crippen LogP contribution < -0.4 is 10.5 Å². The van der Waals surface area contributed by atoms with Crippen LogP contribution in [-0.4, -0.2) is 24.9 Å². The van der Waals surface area contributed by atoms with E-state index in [1.807, 2.05) is 12.1 Å². The van der Waals surface area contributed by atoms with Crippen molar-refractivity contribution in [3.63, 3.8) is 0 Å². The van der Waals surface area contributed by atoms with Crippen LogP contribution in [0.3, 0.4) is 0 Å². The van der Waals surface area contributed by atoms with E-state index in [2.05, 4.69) is 0 Å². The summed E-state index contributed by atoms with van der Waals surface area (Å²) in [7, 11) is 1.62. The first kappa shape index (κ1) is 11.7. The number of ether oxygens (including phenoxy) is 1. The molecule has 0 radical (unpaired) electrons. The van der Waals surface area contributed by atoms with Crippen LogP contribution in [0.15, 0.2) is 18.2 Å². The number of benzene rings is 1. The summed E-state index contributed by atoms with van der Waals surface area (Å²) in [6.45, 7) is 0.516. The van der Waals surface area contributed by atoms with Gasteiger partial charge in [0.05, 0.1) is 13.2 Å². The highest BCUT2D eigenvalue weighted by Crippen LogP contribution is 2.46. The van der Waals surface area contributed by atoms with Gasteiger partial charge in [-0.2, -0.15) is 0 Å². The Hall–Kier alpha value is -0.770. The molecule has 0 spiro atoms. The maximum Gasteiger partial charge on any atom is 0.124 e. The first-order valence-corrected chi connectivity index (χ1v) is 5.71. The molecule has 0 saturated heterocycles. The number of halogens is 1. The van der Waals surface area contributed by atoms with Crippen LogP contribution in [-0.2, 0) is 5.41 Å². The lowest BCUT2D eigenvalue weighted by Gasteiger charge is -2.45. The molecule has 0 heterocycles. The highest BCUT2D eigenvalue weighted by molar-refractivity contribution is 6.30. The Labute approximate surface area is 100 Å². The molecule has 3 N–H and O–H groups in total. The van der Waals surface area contributed by atoms with Crippen molar-refractivity contribution in [1.82, 2.24) is 0 Å². The largest absolute Gasteiger partial charge is 0.496 e. The molecule has 88 valence electrons. The van der Waals surface area contributed by atoms with Crippen molar-refractivity contribution in [2.24, 2.45) is 5.73 Å². The monoisotopic (exact) mass is 241 g/mol. The van der Waals surface area contributed by atoms with Gasteiger partial charge in [-0.3, -0.25) is 0 Å². The van der Waals surface area contributed by atoms with Crippen molar-refractivity contribution >= 4 is 11.6 Å². The predicted octanol–water partition coefficient (Wildman–Crippen LogP) is 1.70. The average molecular weight is 242 g/mol. The van der Waals surface area contributed by atoms with Gasteiger partial charge in [-0.15, -0.1) is 0 Å². The standard InChI is InChI=1S/C12H16ClNO2/c1-16-11-4-8(13)2-3-10(11)12(7-14)5-9(15)6-12/h2-4,9,15H,5-7,14H2,1H3. The summed E-state index contributed by atoms with van der Waals surface area (Å²) >= 11 is 5.92. The molecule has 2 rings (SSSR count). The van der Waals surface area contributed by atoms with Crippen LogP contribution in [0.1, 0.15) is 18.4 Å². The van der Waals surface area contributed by atoms with Crippen LogP contribution >= 0.6 is 11.6 Å². The molecular weight excluding hydrogens is 226 g/mol. The zero-order valence-corrected chi connectivity index (χ0v) is 10.00. The molecule has 1 fully saturated rings. The lowest BCUT2D eigenvalue weighted by Crippen LogP contribution is -2.49. The molecule has 0 unspecified atom stereocenters. The second-order valence-corrected chi connectivity index (χ2v) is 4.83. The maximum atomic E-state index is 9.47. The van der Waals surface area contributed by atoms with Gasteiger partial charge < -0.3 is 15.6 Å². The van der Waals surface area contributed by atoms with Crippen molar-refractivity contribution in [2.75, 3.05) is 13.7 Å². The topological polar surface area (TPSA) is 55.5 Å². The van der Waals surface area contributed by atoms with Gasteiger partial charge in [-0.1, -0.05) is 17.7 Å². The Balaban J connectivity index is 2.39. The van der Waals surface area contributed by atoms with Crippen molar-refractivity contribution in [3.05, 3.63) is 28.8 Å². The molecule has 0 atom stereocenters. The van der Waals surface area contributed by atoms with Crippen LogP contribution in [0.5, 0.6) is 5.75 Å². The van der Waals surface area contributed by atoms with Gasteiger partial charge in [0.2, 0.25) is 0 Å². The summed E-state index contributed by atoms with van der Waals surface area (Å²) in [6, 6.07) is 5.57. The van der Waals surface area contributed by atoms with Gasteiger partial charge in [-0.05, 0) is 25.0 Å². The van der Waals surface area contributed by atoms with E-state index in [1.54, 1.807) is 13.2 Å². The molecular formula is C12H16ClNO2. The summed E-state index contributed by atoms with van der Waals surface area (Å²) in [5.41, 5.74) is 6.73. The molecule has 4 heteroatoms. The molecule has 1 saturated carbocycles. The lowest BCUT2D eigenvalue weighted by molar-refractivity contribution is 0.0211. The summed E-state index contributed by atoms with van der Waals surface area (Å²) < 4.78 is 5.32. The van der Waals surface area contributed by atoms with Gasteiger partial charge in [0, 0.05) is 22.5 Å². The molecule has 0 aliphatic heterocycles. The zero-order valence-electron chi connectivity index (χ0n) is 9.24. The van der Waals surface area contributed by atoms with Gasteiger partial charge in [0.15, 0.2) is 0 Å². The Bertz CT molecular complexity index is 389. The van der Waals surface area contributed by atoms with Crippen LogP contribution in [0.4, 0.5) is 0 Å². The van der Waals surface area contributed by atoms with E-state index in [4.69, 9.17) is 22.1 Å². The Morgan fingerprint density at radius 1 is 1.56 bits per heavy atom. The fourth-order valence-electron chi connectivity index (χ4n) is 2.44. The molecule has 1 aliphatic carbocycles. The normalized spacial score (nSPS) is 28.6. The molecule has 0 amide bonds. The summed E-state index contributed by atoms with van der Waals surface area (Å²) in [6.07, 6.45) is 1.15. The number of rotatable bonds is 3. The minimum Gasteiger partial charge on any atom is -0.496 e. The molecule has 0 aromatic heterocycles. The molecule has 1 aromatic carbocycles. The quantitative estimate of drug-likeness (QED) is 0.847. The number of aliphatic hydroxyl groups excluding tert-OH is 1. The van der Waals surface area contributed by atoms with Gasteiger partial charge >= 0.3 is 0 Å². The highest BCUT2D eigenvalue weighted by Gasteiger charge is 2.45. The second kappa shape index (κ2) is 4.24. The average Bonchev–Trinajstić information content (AvgIpc) is 2.24. The van der Waals surface area contributed by atoms with E-state index < -0.39 is 0 Å². The maximum absolute atomic E-state index is 9.47. The first-order chi connectivity index (χ1) is 7.61. The van der Waals surface area contributed by atoms with Crippen molar-refractivity contribution in [1.29, 1.82) is 0 Å². The van der Waals surface area contributed by atoms with E-state index in [0.29, 0.717) is 24.4 Å². The van der Waals surface area contributed by atoms with E-state index in [-0.39, 0.29) is 11.5 Å². The number of nitrogens with two attached hydrogens (primary N) is 1. The predicted molar refractivity (Wildman–Crippen MR) is 64.0 cm³/mol. The third-order valence-electron chi connectivity index (χ3n) is 3.38. The van der Waals surface area contributed by atoms with E-state index in [9.17, 15) is 5.11 Å². The van der Waals surface area contributed by atoms with E-state index in [0.717, 1.165) is 11.3 Å². The first-order valence-electron chi connectivity index (χ1n) is 5.33. The number of hydrogen-bond acceptors (Lipinski definition) is 3. The van der Waals surface area contributed by atoms with Crippen LogP contribution in [0.25, 0.3) is 0 Å². The smallest absolute Gasteiger partial charge is 0.124 e. The number of methoxy groups -OCH3 is 1. The fourth-order valence-corrected chi connectivity index (χ4v) is 2.60. The number of aliphatic hydroxyl groups is 1. The third kappa shape index (κ3) is 1.79. The molecule has 3 nitrogen and oxygen atoms in total. The van der Waals surface area contributed by atoms with Crippen LogP contribution in [0.2, 0.25) is 5.02 Å². The van der Waals surface area contributed by atoms with Crippen molar-refractivity contribution in [2.45, 2.75) is 24.4 Å². The Morgan fingerprint density at radius 2 is 2.25 bits per heavy atom. The SMILES string of the molecule is COc1cc(Cl)ccc1C1(CN)CC(O)C1. The minimum atomic E-state index is -0.246. The molecule has 0 bridgehead atoms. The Morgan fingerprint density at radius 3 is 2.75 bits per heavy atom. The zero-order chi connectivity index (χ0) is 11.8. The van der Waals surface area contributed by atoms with Crippen molar-refractivity contribution in [3.8, 4) is 5.75 Å². The van der Waals surface area contributed by atoms with Gasteiger partial charge in [0.25, 0.3) is 0 Å². The lowest BCUT2D eigenvalue weighted by atomic mass is 9.62. The van der Waals surface area contributed by atoms with Crippen molar-refractivity contribution < 1.29 is 9.84 Å². The van der Waals surface area contributed by atoms with Gasteiger partial charge in [0.1, 0.15) is 5.75 Å². The summed E-state index contributed by atoms with van der Waals surface area (Å²) in [4.78, 5) is 0. The molecule has 1 aliphatic rings. The minimum absolute atomic E-state index is 0.144. The van der Waals surface area contributed by atoms with E-state index in [1.165, 1.54) is 0 Å². The molecule has 1 aromatic rings. The second-order valence-electron chi connectivity index (χ2n) is 4.39. The summed E-state index contributed by atoms with van der Waals surface area (Å²) in [5.74, 6) is 0.754. The number of hydrogen-bond donors (Lipinski definition) is 2. The van der Waals surface area contributed by atoms with Crippen LogP contribution in [0, 0.1) is 0 Å². The fraction of sp³-hybridized carbons (Fsp3) is 0.500. The third-order valence-corrected chi connectivity index (χ3v) is 3.61.